The predicted octanol–water partition coefficient (Wildman–Crippen LogP) is 2.91. The van der Waals surface area contributed by atoms with Gasteiger partial charge in [-0.05, 0) is 38.6 Å². The van der Waals surface area contributed by atoms with E-state index in [-0.39, 0.29) is 11.9 Å². The number of nitrogens with one attached hydrogen (secondary N) is 1. The summed E-state index contributed by atoms with van der Waals surface area (Å²) in [5, 5.41) is 3.08. The molecule has 4 heteroatoms. The van der Waals surface area contributed by atoms with Gasteiger partial charge in [-0.1, -0.05) is 6.92 Å². The Morgan fingerprint density at radius 2 is 2.06 bits per heavy atom. The lowest BCUT2D eigenvalue weighted by atomic mass is 10.1. The molecule has 1 rings (SSSR count). The summed E-state index contributed by atoms with van der Waals surface area (Å²) in [6, 6.07) is 4.63. The van der Waals surface area contributed by atoms with Gasteiger partial charge in [0.15, 0.2) is 0 Å². The molecule has 0 amide bonds. The standard InChI is InChI=1S/C14H22FNO2/c1-4-7-17-8-9-18-14-6-5-12(15)10-13(14)11(2)16-3/h5-6,10-11,16H,4,7-9H2,1-3H3. The average Bonchev–Trinajstić information content (AvgIpc) is 2.39. The van der Waals surface area contributed by atoms with Gasteiger partial charge in [0.25, 0.3) is 0 Å². The Balaban J connectivity index is 2.58. The van der Waals surface area contributed by atoms with Crippen molar-refractivity contribution in [2.75, 3.05) is 26.9 Å². The highest BCUT2D eigenvalue weighted by molar-refractivity contribution is 5.36. The molecule has 0 aliphatic rings. The molecule has 0 bridgehead atoms. The van der Waals surface area contributed by atoms with Crippen molar-refractivity contribution in [3.63, 3.8) is 0 Å². The second-order valence-electron chi connectivity index (χ2n) is 4.15. The SMILES string of the molecule is CCCOCCOc1ccc(F)cc1C(C)NC. The van der Waals surface area contributed by atoms with E-state index in [1.165, 1.54) is 12.1 Å². The minimum atomic E-state index is -0.248. The summed E-state index contributed by atoms with van der Waals surface area (Å²) in [6.07, 6.45) is 0.999. The number of hydrogen-bond acceptors (Lipinski definition) is 3. The van der Waals surface area contributed by atoms with E-state index in [1.54, 1.807) is 6.07 Å². The van der Waals surface area contributed by atoms with Crippen LogP contribution in [0, 0.1) is 5.82 Å². The summed E-state index contributed by atoms with van der Waals surface area (Å²) in [4.78, 5) is 0. The van der Waals surface area contributed by atoms with Crippen molar-refractivity contribution in [3.05, 3.63) is 29.6 Å². The van der Waals surface area contributed by atoms with Crippen LogP contribution in [0.2, 0.25) is 0 Å². The molecule has 18 heavy (non-hydrogen) atoms. The zero-order valence-corrected chi connectivity index (χ0v) is 11.3. The lowest BCUT2D eigenvalue weighted by Gasteiger charge is -2.16. The van der Waals surface area contributed by atoms with E-state index in [0.717, 1.165) is 18.6 Å². The van der Waals surface area contributed by atoms with E-state index in [4.69, 9.17) is 9.47 Å². The summed E-state index contributed by atoms with van der Waals surface area (Å²) in [5.74, 6) is 0.458. The summed E-state index contributed by atoms with van der Waals surface area (Å²) in [7, 11) is 1.84. The van der Waals surface area contributed by atoms with Gasteiger partial charge in [0.1, 0.15) is 18.2 Å². The molecule has 0 spiro atoms. The van der Waals surface area contributed by atoms with Crippen LogP contribution in [0.4, 0.5) is 4.39 Å². The first kappa shape index (κ1) is 14.9. The maximum absolute atomic E-state index is 13.2. The van der Waals surface area contributed by atoms with Crippen molar-refractivity contribution in [2.45, 2.75) is 26.3 Å². The molecule has 0 heterocycles. The van der Waals surface area contributed by atoms with Crippen LogP contribution in [0.3, 0.4) is 0 Å². The van der Waals surface area contributed by atoms with Crippen LogP contribution in [-0.2, 0) is 4.74 Å². The van der Waals surface area contributed by atoms with Gasteiger partial charge in [-0.25, -0.2) is 4.39 Å². The number of rotatable bonds is 8. The molecular weight excluding hydrogens is 233 g/mol. The lowest BCUT2D eigenvalue weighted by molar-refractivity contribution is 0.100. The third-order valence-electron chi connectivity index (χ3n) is 2.71. The Labute approximate surface area is 108 Å². The van der Waals surface area contributed by atoms with Crippen molar-refractivity contribution in [1.82, 2.24) is 5.32 Å². The molecule has 0 aliphatic carbocycles. The Bertz CT molecular complexity index is 358. The van der Waals surface area contributed by atoms with Gasteiger partial charge in [-0.3, -0.25) is 0 Å². The van der Waals surface area contributed by atoms with Crippen molar-refractivity contribution in [2.24, 2.45) is 0 Å². The summed E-state index contributed by atoms with van der Waals surface area (Å²) in [6.45, 7) is 5.81. The smallest absolute Gasteiger partial charge is 0.124 e. The van der Waals surface area contributed by atoms with Gasteiger partial charge in [-0.2, -0.15) is 0 Å². The molecule has 1 N–H and O–H groups in total. The average molecular weight is 255 g/mol. The van der Waals surface area contributed by atoms with Gasteiger partial charge in [-0.15, -0.1) is 0 Å². The highest BCUT2D eigenvalue weighted by atomic mass is 19.1. The third-order valence-corrected chi connectivity index (χ3v) is 2.71. The van der Waals surface area contributed by atoms with Gasteiger partial charge in [0.05, 0.1) is 6.61 Å². The van der Waals surface area contributed by atoms with Crippen LogP contribution in [0.1, 0.15) is 31.9 Å². The van der Waals surface area contributed by atoms with E-state index in [2.05, 4.69) is 12.2 Å². The molecule has 0 aromatic heterocycles. The Hall–Kier alpha value is -1.13. The second-order valence-corrected chi connectivity index (χ2v) is 4.15. The van der Waals surface area contributed by atoms with Crippen LogP contribution in [-0.4, -0.2) is 26.9 Å². The number of benzene rings is 1. The fraction of sp³-hybridized carbons (Fsp3) is 0.571. The molecule has 1 aromatic carbocycles. The van der Waals surface area contributed by atoms with Crippen molar-refractivity contribution >= 4 is 0 Å². The number of hydrogen-bond donors (Lipinski definition) is 1. The Morgan fingerprint density at radius 1 is 1.28 bits per heavy atom. The lowest BCUT2D eigenvalue weighted by Crippen LogP contribution is -2.15. The topological polar surface area (TPSA) is 30.5 Å². The highest BCUT2D eigenvalue weighted by Gasteiger charge is 2.11. The molecule has 1 aromatic rings. The van der Waals surface area contributed by atoms with Crippen molar-refractivity contribution in [3.8, 4) is 5.75 Å². The molecule has 0 aliphatic heterocycles. The van der Waals surface area contributed by atoms with E-state index < -0.39 is 0 Å². The molecule has 102 valence electrons. The van der Waals surface area contributed by atoms with Crippen LogP contribution in [0.15, 0.2) is 18.2 Å². The first-order chi connectivity index (χ1) is 8.69. The maximum Gasteiger partial charge on any atom is 0.124 e. The normalized spacial score (nSPS) is 12.4. The first-order valence-corrected chi connectivity index (χ1v) is 6.36. The van der Waals surface area contributed by atoms with Crippen molar-refractivity contribution in [1.29, 1.82) is 0 Å². The quantitative estimate of drug-likeness (QED) is 0.724. The fourth-order valence-corrected chi connectivity index (χ4v) is 1.60. The zero-order valence-electron chi connectivity index (χ0n) is 11.3. The summed E-state index contributed by atoms with van der Waals surface area (Å²) < 4.78 is 24.2. The van der Waals surface area contributed by atoms with Crippen LogP contribution >= 0.6 is 0 Å². The minimum absolute atomic E-state index is 0.0484. The molecule has 3 nitrogen and oxygen atoms in total. The van der Waals surface area contributed by atoms with Crippen molar-refractivity contribution < 1.29 is 13.9 Å². The molecular formula is C14H22FNO2. The highest BCUT2D eigenvalue weighted by Crippen LogP contribution is 2.25. The molecule has 0 fully saturated rings. The van der Waals surface area contributed by atoms with Crippen LogP contribution < -0.4 is 10.1 Å². The predicted molar refractivity (Wildman–Crippen MR) is 70.5 cm³/mol. The monoisotopic (exact) mass is 255 g/mol. The van der Waals surface area contributed by atoms with E-state index in [0.29, 0.717) is 19.0 Å². The molecule has 0 saturated heterocycles. The number of halogens is 1. The van der Waals surface area contributed by atoms with Crippen LogP contribution in [0.25, 0.3) is 0 Å². The first-order valence-electron chi connectivity index (χ1n) is 6.36. The summed E-state index contributed by atoms with van der Waals surface area (Å²) in [5.41, 5.74) is 0.827. The van der Waals surface area contributed by atoms with Crippen LogP contribution in [0.5, 0.6) is 5.75 Å². The van der Waals surface area contributed by atoms with Gasteiger partial charge >= 0.3 is 0 Å². The van der Waals surface area contributed by atoms with Gasteiger partial charge in [0, 0.05) is 18.2 Å². The molecule has 0 radical (unpaired) electrons. The largest absolute Gasteiger partial charge is 0.491 e. The third kappa shape index (κ3) is 4.63. The second kappa shape index (κ2) is 8.06. The van der Waals surface area contributed by atoms with E-state index in [9.17, 15) is 4.39 Å². The van der Waals surface area contributed by atoms with Gasteiger partial charge in [0.2, 0.25) is 0 Å². The molecule has 1 atom stereocenters. The maximum atomic E-state index is 13.2. The fourth-order valence-electron chi connectivity index (χ4n) is 1.60. The number of ether oxygens (including phenoxy) is 2. The Morgan fingerprint density at radius 3 is 2.72 bits per heavy atom. The Kier molecular flexibility index (Phi) is 6.68. The minimum Gasteiger partial charge on any atom is -0.491 e. The zero-order chi connectivity index (χ0) is 13.4. The van der Waals surface area contributed by atoms with E-state index in [1.807, 2.05) is 14.0 Å². The van der Waals surface area contributed by atoms with Gasteiger partial charge < -0.3 is 14.8 Å². The summed E-state index contributed by atoms with van der Waals surface area (Å²) >= 11 is 0. The molecule has 1 unspecified atom stereocenters. The molecule has 0 saturated carbocycles. The van der Waals surface area contributed by atoms with E-state index >= 15 is 0 Å².